The fourth-order valence-corrected chi connectivity index (χ4v) is 3.34. The van der Waals surface area contributed by atoms with Crippen molar-refractivity contribution in [2.45, 2.75) is 38.3 Å². The minimum Gasteiger partial charge on any atom is -0.381 e. The van der Waals surface area contributed by atoms with E-state index in [4.69, 9.17) is 4.74 Å². The van der Waals surface area contributed by atoms with E-state index >= 15 is 0 Å². The number of hydrogen-bond donors (Lipinski definition) is 1. The van der Waals surface area contributed by atoms with Gasteiger partial charge >= 0.3 is 0 Å². The second-order valence-corrected chi connectivity index (χ2v) is 6.96. The zero-order valence-corrected chi connectivity index (χ0v) is 13.3. The maximum Gasteiger partial charge on any atom is 0.0534 e. The summed E-state index contributed by atoms with van der Waals surface area (Å²) < 4.78 is 7.47. The third kappa shape index (κ3) is 4.28. The van der Waals surface area contributed by atoms with Gasteiger partial charge in [-0.25, -0.2) is 0 Å². The molecular formula is C16H28N4O. The molecule has 1 saturated carbocycles. The van der Waals surface area contributed by atoms with Gasteiger partial charge in [-0.3, -0.25) is 4.68 Å². The number of aryl methyl sites for hydroxylation is 1. The van der Waals surface area contributed by atoms with Crippen molar-refractivity contribution in [2.75, 3.05) is 33.4 Å². The molecule has 0 spiro atoms. The molecule has 1 saturated heterocycles. The summed E-state index contributed by atoms with van der Waals surface area (Å²) in [5.74, 6) is 0. The van der Waals surface area contributed by atoms with Crippen molar-refractivity contribution in [3.8, 4) is 0 Å². The molecule has 118 valence electrons. The van der Waals surface area contributed by atoms with Crippen LogP contribution in [0.15, 0.2) is 12.4 Å². The van der Waals surface area contributed by atoms with Crippen molar-refractivity contribution in [1.82, 2.24) is 20.0 Å². The van der Waals surface area contributed by atoms with Crippen LogP contribution >= 0.6 is 0 Å². The van der Waals surface area contributed by atoms with Gasteiger partial charge in [-0.05, 0) is 38.1 Å². The third-order valence-corrected chi connectivity index (χ3v) is 4.71. The molecule has 5 nitrogen and oxygen atoms in total. The molecule has 2 fully saturated rings. The van der Waals surface area contributed by atoms with Crippen molar-refractivity contribution >= 4 is 0 Å². The minimum absolute atomic E-state index is 0.373. The Kier molecular flexibility index (Phi) is 4.62. The molecule has 21 heavy (non-hydrogen) atoms. The molecule has 1 aliphatic carbocycles. The molecule has 1 aromatic heterocycles. The molecule has 0 amide bonds. The van der Waals surface area contributed by atoms with E-state index in [9.17, 15) is 0 Å². The zero-order chi connectivity index (χ0) is 14.7. The predicted molar refractivity (Wildman–Crippen MR) is 83.1 cm³/mol. The van der Waals surface area contributed by atoms with Crippen molar-refractivity contribution in [1.29, 1.82) is 0 Å². The summed E-state index contributed by atoms with van der Waals surface area (Å²) in [6.45, 7) is 5.06. The van der Waals surface area contributed by atoms with Crippen LogP contribution in [0.3, 0.4) is 0 Å². The van der Waals surface area contributed by atoms with Crippen molar-refractivity contribution in [3.05, 3.63) is 18.0 Å². The number of nitrogens with zero attached hydrogens (tertiary/aromatic N) is 3. The van der Waals surface area contributed by atoms with Crippen LogP contribution in [-0.4, -0.2) is 54.1 Å². The highest BCUT2D eigenvalue weighted by Crippen LogP contribution is 2.32. The average Bonchev–Trinajstić information content (AvgIpc) is 3.21. The molecule has 1 aromatic rings. The van der Waals surface area contributed by atoms with Crippen LogP contribution in [0.2, 0.25) is 0 Å². The monoisotopic (exact) mass is 292 g/mol. The summed E-state index contributed by atoms with van der Waals surface area (Å²) in [7, 11) is 4.20. The third-order valence-electron chi connectivity index (χ3n) is 4.71. The Morgan fingerprint density at radius 2 is 2.19 bits per heavy atom. The van der Waals surface area contributed by atoms with Gasteiger partial charge in [0.15, 0.2) is 0 Å². The van der Waals surface area contributed by atoms with Gasteiger partial charge in [0, 0.05) is 57.7 Å². The molecule has 1 aliphatic heterocycles. The number of ether oxygens (including phenoxy) is 1. The van der Waals surface area contributed by atoms with Gasteiger partial charge in [0.2, 0.25) is 0 Å². The normalized spacial score (nSPS) is 21.9. The minimum atomic E-state index is 0.373. The fourth-order valence-electron chi connectivity index (χ4n) is 3.34. The molecule has 0 atom stereocenters. The second-order valence-electron chi connectivity index (χ2n) is 6.96. The lowest BCUT2D eigenvalue weighted by molar-refractivity contribution is -0.00182. The van der Waals surface area contributed by atoms with E-state index in [2.05, 4.69) is 28.6 Å². The molecule has 0 unspecified atom stereocenters. The molecule has 0 aromatic carbocycles. The first-order valence-electron chi connectivity index (χ1n) is 8.12. The summed E-state index contributed by atoms with van der Waals surface area (Å²) in [5, 5.41) is 8.00. The highest BCUT2D eigenvalue weighted by atomic mass is 16.5. The average molecular weight is 292 g/mol. The van der Waals surface area contributed by atoms with E-state index in [0.717, 1.165) is 38.9 Å². The smallest absolute Gasteiger partial charge is 0.0534 e. The molecule has 2 heterocycles. The molecule has 0 bridgehead atoms. The van der Waals surface area contributed by atoms with Gasteiger partial charge in [-0.1, -0.05) is 0 Å². The molecule has 3 rings (SSSR count). The molecular weight excluding hydrogens is 264 g/mol. The summed E-state index contributed by atoms with van der Waals surface area (Å²) in [5.41, 5.74) is 1.66. The van der Waals surface area contributed by atoms with Crippen LogP contribution in [0.4, 0.5) is 0 Å². The molecule has 0 radical (unpaired) electrons. The van der Waals surface area contributed by atoms with Gasteiger partial charge in [-0.2, -0.15) is 5.10 Å². The first-order chi connectivity index (χ1) is 10.2. The highest BCUT2D eigenvalue weighted by molar-refractivity contribution is 5.03. The lowest BCUT2D eigenvalue weighted by atomic mass is 9.79. The number of hydrogen-bond acceptors (Lipinski definition) is 4. The molecule has 5 heteroatoms. The summed E-state index contributed by atoms with van der Waals surface area (Å²) in [6, 6.07) is 0.786. The van der Waals surface area contributed by atoms with Gasteiger partial charge in [0.1, 0.15) is 0 Å². The zero-order valence-electron chi connectivity index (χ0n) is 13.3. The first-order valence-corrected chi connectivity index (χ1v) is 8.12. The van der Waals surface area contributed by atoms with Crippen LogP contribution in [-0.2, 0) is 18.3 Å². The quantitative estimate of drug-likeness (QED) is 0.825. The molecule has 2 aliphatic rings. The van der Waals surface area contributed by atoms with Gasteiger partial charge in [0.05, 0.1) is 6.20 Å². The van der Waals surface area contributed by atoms with E-state index in [1.165, 1.54) is 31.2 Å². The van der Waals surface area contributed by atoms with Gasteiger partial charge in [0.25, 0.3) is 0 Å². The second kappa shape index (κ2) is 6.46. The van der Waals surface area contributed by atoms with Crippen LogP contribution in [0.1, 0.15) is 31.2 Å². The van der Waals surface area contributed by atoms with Crippen LogP contribution in [0.25, 0.3) is 0 Å². The predicted octanol–water partition coefficient (Wildman–Crippen LogP) is 1.40. The fraction of sp³-hybridized carbons (Fsp3) is 0.812. The van der Waals surface area contributed by atoms with Crippen molar-refractivity contribution in [2.24, 2.45) is 12.5 Å². The molecule has 1 N–H and O–H groups in total. The van der Waals surface area contributed by atoms with E-state index in [0.29, 0.717) is 5.41 Å². The van der Waals surface area contributed by atoms with E-state index in [1.54, 1.807) is 0 Å². The number of aromatic nitrogens is 2. The van der Waals surface area contributed by atoms with Crippen molar-refractivity contribution in [3.63, 3.8) is 0 Å². The highest BCUT2D eigenvalue weighted by Gasteiger charge is 2.35. The maximum atomic E-state index is 5.59. The number of rotatable bonds is 7. The number of nitrogens with one attached hydrogen (secondary N) is 1. The lowest BCUT2D eigenvalue weighted by Crippen LogP contribution is -2.46. The summed E-state index contributed by atoms with van der Waals surface area (Å²) >= 11 is 0. The Morgan fingerprint density at radius 3 is 2.81 bits per heavy atom. The first kappa shape index (κ1) is 15.0. The maximum absolute atomic E-state index is 5.59. The largest absolute Gasteiger partial charge is 0.381 e. The topological polar surface area (TPSA) is 42.3 Å². The van der Waals surface area contributed by atoms with Gasteiger partial charge < -0.3 is 15.0 Å². The van der Waals surface area contributed by atoms with E-state index < -0.39 is 0 Å². The Bertz CT molecular complexity index is 449. The standard InChI is InChI=1S/C16H28N4O/c1-19(10-14-9-18-20(2)11-14)13-16(5-7-21-8-6-16)12-17-15-3-4-15/h9,11,15,17H,3-8,10,12-13H2,1-2H3. The lowest BCUT2D eigenvalue weighted by Gasteiger charge is -2.40. The van der Waals surface area contributed by atoms with E-state index in [1.807, 2.05) is 17.9 Å². The van der Waals surface area contributed by atoms with Crippen LogP contribution in [0, 0.1) is 5.41 Å². The van der Waals surface area contributed by atoms with Crippen LogP contribution in [0.5, 0.6) is 0 Å². The Balaban J connectivity index is 1.56. The SMILES string of the molecule is CN(Cc1cnn(C)c1)CC1(CNC2CC2)CCOCC1. The Labute approximate surface area is 127 Å². The summed E-state index contributed by atoms with van der Waals surface area (Å²) in [4.78, 5) is 2.44. The van der Waals surface area contributed by atoms with Crippen molar-refractivity contribution < 1.29 is 4.74 Å². The Morgan fingerprint density at radius 1 is 1.43 bits per heavy atom. The van der Waals surface area contributed by atoms with E-state index in [-0.39, 0.29) is 0 Å². The van der Waals surface area contributed by atoms with Gasteiger partial charge in [-0.15, -0.1) is 0 Å². The van der Waals surface area contributed by atoms with Crippen LogP contribution < -0.4 is 5.32 Å². The Hall–Kier alpha value is -0.910. The summed E-state index contributed by atoms with van der Waals surface area (Å²) in [6.07, 6.45) is 9.13.